The van der Waals surface area contributed by atoms with Crippen LogP contribution < -0.4 is 0 Å². The molecule has 1 aromatic carbocycles. The number of hydrogen-bond acceptors (Lipinski definition) is 2. The van der Waals surface area contributed by atoms with Crippen molar-refractivity contribution in [2.24, 2.45) is 0 Å². The molecule has 17 heavy (non-hydrogen) atoms. The number of carbonyl (C=O) groups is 1. The summed E-state index contributed by atoms with van der Waals surface area (Å²) >= 11 is 0. The van der Waals surface area contributed by atoms with Gasteiger partial charge in [-0.25, -0.2) is 0 Å². The average Bonchev–Trinajstić information content (AvgIpc) is 2.25. The first-order chi connectivity index (χ1) is 7.82. The van der Waals surface area contributed by atoms with E-state index in [1.54, 1.807) is 44.4 Å². The molecule has 0 amide bonds. The SMILES string of the molecule is CN(C)/C(=C\C(=O)C(F)(F)F)c1ccccc1. The Morgan fingerprint density at radius 3 is 2.12 bits per heavy atom. The molecule has 0 fully saturated rings. The molecular formula is C12H12F3NO. The molecular weight excluding hydrogens is 231 g/mol. The number of allylic oxidation sites excluding steroid dienone is 1. The zero-order valence-corrected chi connectivity index (χ0v) is 9.45. The van der Waals surface area contributed by atoms with Crippen LogP contribution >= 0.6 is 0 Å². The number of hydrogen-bond donors (Lipinski definition) is 0. The van der Waals surface area contributed by atoms with Crippen molar-refractivity contribution in [2.45, 2.75) is 6.18 Å². The van der Waals surface area contributed by atoms with Crippen LogP contribution in [0.15, 0.2) is 36.4 Å². The molecule has 1 aromatic rings. The molecule has 1 rings (SSSR count). The van der Waals surface area contributed by atoms with Crippen molar-refractivity contribution in [1.82, 2.24) is 4.90 Å². The molecule has 0 aromatic heterocycles. The third-order valence-corrected chi connectivity index (χ3v) is 2.10. The van der Waals surface area contributed by atoms with Crippen LogP contribution in [-0.2, 0) is 4.79 Å². The highest BCUT2D eigenvalue weighted by molar-refractivity contribution is 6.00. The van der Waals surface area contributed by atoms with Crippen molar-refractivity contribution >= 4 is 11.5 Å². The Bertz CT molecular complexity index is 421. The Morgan fingerprint density at radius 2 is 1.71 bits per heavy atom. The van der Waals surface area contributed by atoms with Gasteiger partial charge in [0.15, 0.2) is 0 Å². The van der Waals surface area contributed by atoms with Gasteiger partial charge in [0.05, 0.1) is 0 Å². The molecule has 0 atom stereocenters. The number of halogens is 3. The predicted molar refractivity (Wildman–Crippen MR) is 59.2 cm³/mol. The average molecular weight is 243 g/mol. The molecule has 0 aliphatic carbocycles. The number of benzene rings is 1. The van der Waals surface area contributed by atoms with Gasteiger partial charge in [0.25, 0.3) is 5.78 Å². The van der Waals surface area contributed by atoms with Gasteiger partial charge in [-0.05, 0) is 5.56 Å². The van der Waals surface area contributed by atoms with Gasteiger partial charge in [0.1, 0.15) is 0 Å². The first kappa shape index (κ1) is 13.3. The molecule has 92 valence electrons. The summed E-state index contributed by atoms with van der Waals surface area (Å²) in [5.74, 6) is -1.86. The monoisotopic (exact) mass is 243 g/mol. The van der Waals surface area contributed by atoms with Crippen molar-refractivity contribution in [1.29, 1.82) is 0 Å². The van der Waals surface area contributed by atoms with Crippen LogP contribution in [-0.4, -0.2) is 31.0 Å². The van der Waals surface area contributed by atoms with Gasteiger partial charge >= 0.3 is 6.18 Å². The summed E-state index contributed by atoms with van der Waals surface area (Å²) < 4.78 is 36.5. The Hall–Kier alpha value is -1.78. The van der Waals surface area contributed by atoms with Crippen LogP contribution in [0.2, 0.25) is 0 Å². The van der Waals surface area contributed by atoms with Crippen molar-refractivity contribution in [3.8, 4) is 0 Å². The smallest absolute Gasteiger partial charge is 0.377 e. The molecule has 0 spiro atoms. The van der Waals surface area contributed by atoms with Crippen LogP contribution in [0.25, 0.3) is 5.70 Å². The largest absolute Gasteiger partial charge is 0.454 e. The van der Waals surface area contributed by atoms with E-state index in [4.69, 9.17) is 0 Å². The van der Waals surface area contributed by atoms with E-state index in [9.17, 15) is 18.0 Å². The summed E-state index contributed by atoms with van der Waals surface area (Å²) in [5, 5.41) is 0. The van der Waals surface area contributed by atoms with E-state index in [0.717, 1.165) is 0 Å². The van der Waals surface area contributed by atoms with Gasteiger partial charge in [0.2, 0.25) is 0 Å². The number of carbonyl (C=O) groups excluding carboxylic acids is 1. The molecule has 0 saturated heterocycles. The van der Waals surface area contributed by atoms with E-state index in [1.165, 1.54) is 4.90 Å². The van der Waals surface area contributed by atoms with Crippen LogP contribution in [0.5, 0.6) is 0 Å². The quantitative estimate of drug-likeness (QED) is 0.761. The molecule has 0 N–H and O–H groups in total. The minimum Gasteiger partial charge on any atom is -0.377 e. The third kappa shape index (κ3) is 3.62. The zero-order valence-electron chi connectivity index (χ0n) is 9.45. The Balaban J connectivity index is 3.12. The second kappa shape index (κ2) is 5.03. The number of nitrogens with zero attached hydrogens (tertiary/aromatic N) is 1. The minimum absolute atomic E-state index is 0.230. The van der Waals surface area contributed by atoms with Gasteiger partial charge < -0.3 is 4.90 Å². The third-order valence-electron chi connectivity index (χ3n) is 2.10. The summed E-state index contributed by atoms with van der Waals surface area (Å²) in [6, 6.07) is 8.45. The van der Waals surface area contributed by atoms with E-state index in [2.05, 4.69) is 0 Å². The predicted octanol–water partition coefficient (Wildman–Crippen LogP) is 2.72. The second-order valence-corrected chi connectivity index (χ2v) is 3.65. The lowest BCUT2D eigenvalue weighted by molar-refractivity contribution is -0.165. The van der Waals surface area contributed by atoms with Crippen molar-refractivity contribution in [3.63, 3.8) is 0 Å². The summed E-state index contributed by atoms with van der Waals surface area (Å²) in [5.41, 5.74) is 0.794. The first-order valence-electron chi connectivity index (χ1n) is 4.88. The Labute approximate surface area is 97.3 Å². The van der Waals surface area contributed by atoms with E-state index in [0.29, 0.717) is 11.6 Å². The number of rotatable bonds is 3. The van der Waals surface area contributed by atoms with Gasteiger partial charge in [-0.15, -0.1) is 0 Å². The normalized spacial score (nSPS) is 12.4. The fraction of sp³-hybridized carbons (Fsp3) is 0.250. The van der Waals surface area contributed by atoms with E-state index in [1.807, 2.05) is 0 Å². The fourth-order valence-corrected chi connectivity index (χ4v) is 1.29. The van der Waals surface area contributed by atoms with Gasteiger partial charge in [-0.2, -0.15) is 13.2 Å². The second-order valence-electron chi connectivity index (χ2n) is 3.65. The molecule has 0 radical (unpaired) electrons. The summed E-state index contributed by atoms with van der Waals surface area (Å²) in [6.45, 7) is 0. The first-order valence-corrected chi connectivity index (χ1v) is 4.88. The molecule has 0 unspecified atom stereocenters. The van der Waals surface area contributed by atoms with Crippen molar-refractivity contribution in [2.75, 3.05) is 14.1 Å². The molecule has 2 nitrogen and oxygen atoms in total. The van der Waals surface area contributed by atoms with Crippen LogP contribution in [0, 0.1) is 0 Å². The van der Waals surface area contributed by atoms with Crippen molar-refractivity contribution in [3.05, 3.63) is 42.0 Å². The minimum atomic E-state index is -4.84. The summed E-state index contributed by atoms with van der Waals surface area (Å²) in [4.78, 5) is 12.4. The van der Waals surface area contributed by atoms with Gasteiger partial charge in [0, 0.05) is 25.9 Å². The number of ketones is 1. The van der Waals surface area contributed by atoms with E-state index >= 15 is 0 Å². The lowest BCUT2D eigenvalue weighted by Crippen LogP contribution is -2.22. The molecule has 0 heterocycles. The molecule has 0 aliphatic rings. The highest BCUT2D eigenvalue weighted by Crippen LogP contribution is 2.22. The van der Waals surface area contributed by atoms with Crippen LogP contribution in [0.3, 0.4) is 0 Å². The maximum Gasteiger partial charge on any atom is 0.454 e. The fourth-order valence-electron chi connectivity index (χ4n) is 1.29. The van der Waals surface area contributed by atoms with E-state index in [-0.39, 0.29) is 5.70 Å². The topological polar surface area (TPSA) is 20.3 Å². The van der Waals surface area contributed by atoms with Crippen molar-refractivity contribution < 1.29 is 18.0 Å². The summed E-state index contributed by atoms with van der Waals surface area (Å²) in [6.07, 6.45) is -4.23. The highest BCUT2D eigenvalue weighted by Gasteiger charge is 2.37. The number of alkyl halides is 3. The molecule has 0 saturated carbocycles. The zero-order chi connectivity index (χ0) is 13.1. The van der Waals surface area contributed by atoms with E-state index < -0.39 is 12.0 Å². The van der Waals surface area contributed by atoms with Crippen LogP contribution in [0.4, 0.5) is 13.2 Å². The molecule has 0 aliphatic heterocycles. The van der Waals surface area contributed by atoms with Gasteiger partial charge in [-0.1, -0.05) is 30.3 Å². The maximum atomic E-state index is 12.2. The summed E-state index contributed by atoms with van der Waals surface area (Å²) in [7, 11) is 3.17. The highest BCUT2D eigenvalue weighted by atomic mass is 19.4. The molecule has 5 heteroatoms. The maximum absolute atomic E-state index is 12.2. The van der Waals surface area contributed by atoms with Crippen LogP contribution in [0.1, 0.15) is 5.56 Å². The Kier molecular flexibility index (Phi) is 3.93. The lowest BCUT2D eigenvalue weighted by atomic mass is 10.1. The lowest BCUT2D eigenvalue weighted by Gasteiger charge is -2.17. The standard InChI is InChI=1S/C12H12F3NO/c1-16(2)10(8-11(17)12(13,14)15)9-6-4-3-5-7-9/h3-8H,1-2H3/b10-8-. The van der Waals surface area contributed by atoms with Gasteiger partial charge in [-0.3, -0.25) is 4.79 Å². The molecule has 0 bridgehead atoms. The Morgan fingerprint density at radius 1 is 1.18 bits per heavy atom.